The van der Waals surface area contributed by atoms with Crippen LogP contribution >= 0.6 is 0 Å². The molecule has 1 aliphatic rings. The maximum Gasteiger partial charge on any atom is 0.193 e. The lowest BCUT2D eigenvalue weighted by Crippen LogP contribution is -2.21. The number of hydrogen-bond donors (Lipinski definition) is 0. The van der Waals surface area contributed by atoms with E-state index < -0.39 is 0 Å². The molecule has 2 heterocycles. The molecule has 3 nitrogen and oxygen atoms in total. The van der Waals surface area contributed by atoms with Crippen molar-refractivity contribution >= 4 is 16.6 Å². The lowest BCUT2D eigenvalue weighted by molar-refractivity contribution is 0.0434. The second kappa shape index (κ2) is 4.50. The molecule has 2 unspecified atom stereocenters. The molecule has 0 bridgehead atoms. The monoisotopic (exact) mass is 241 g/mol. The molecule has 0 saturated carbocycles. The zero-order valence-electron chi connectivity index (χ0n) is 10.3. The Morgan fingerprint density at radius 1 is 1.28 bits per heavy atom. The van der Waals surface area contributed by atoms with Crippen LogP contribution < -0.4 is 0 Å². The molecule has 2 aromatic rings. The van der Waals surface area contributed by atoms with E-state index in [4.69, 9.17) is 4.74 Å². The second-order valence-corrected chi connectivity index (χ2v) is 4.79. The Labute approximate surface area is 106 Å². The van der Waals surface area contributed by atoms with E-state index in [2.05, 4.69) is 4.98 Å². The van der Waals surface area contributed by atoms with Crippen LogP contribution in [-0.4, -0.2) is 23.0 Å². The molecule has 0 spiro atoms. The van der Waals surface area contributed by atoms with E-state index >= 15 is 0 Å². The molecule has 3 rings (SSSR count). The van der Waals surface area contributed by atoms with E-state index in [1.54, 1.807) is 12.4 Å². The van der Waals surface area contributed by atoms with Crippen LogP contribution in [0.15, 0.2) is 36.7 Å². The molecule has 1 fully saturated rings. The molecule has 1 saturated heterocycles. The number of nitrogens with zero attached hydrogens (tertiary/aromatic N) is 1. The number of Topliss-reactive ketones (excluding diaryl/α,β-unsaturated/α-hetero) is 1. The molecule has 1 aromatic heterocycles. The van der Waals surface area contributed by atoms with E-state index in [0.717, 1.165) is 23.6 Å². The summed E-state index contributed by atoms with van der Waals surface area (Å²) in [5.74, 6) is 0.0589. The van der Waals surface area contributed by atoms with Crippen LogP contribution in [0.2, 0.25) is 0 Å². The summed E-state index contributed by atoms with van der Waals surface area (Å²) in [4.78, 5) is 16.6. The van der Waals surface area contributed by atoms with Crippen molar-refractivity contribution in [2.45, 2.75) is 32.0 Å². The van der Waals surface area contributed by atoms with Crippen LogP contribution in [0.4, 0.5) is 0 Å². The lowest BCUT2D eigenvalue weighted by Gasteiger charge is -2.11. The van der Waals surface area contributed by atoms with Crippen molar-refractivity contribution in [1.82, 2.24) is 4.98 Å². The van der Waals surface area contributed by atoms with Gasteiger partial charge in [0.05, 0.1) is 6.10 Å². The second-order valence-electron chi connectivity index (χ2n) is 4.79. The number of hydrogen-bond acceptors (Lipinski definition) is 3. The molecule has 18 heavy (non-hydrogen) atoms. The van der Waals surface area contributed by atoms with Gasteiger partial charge in [-0.05, 0) is 25.2 Å². The number of aromatic nitrogens is 1. The Bertz CT molecular complexity index is 589. The first kappa shape index (κ1) is 11.4. The summed E-state index contributed by atoms with van der Waals surface area (Å²) in [6.07, 6.45) is 5.08. The Hall–Kier alpha value is -1.74. The molecular weight excluding hydrogens is 226 g/mol. The van der Waals surface area contributed by atoms with Crippen LogP contribution in [0.1, 0.15) is 30.1 Å². The van der Waals surface area contributed by atoms with Crippen molar-refractivity contribution in [2.24, 2.45) is 0 Å². The molecule has 0 aliphatic carbocycles. The number of rotatable bonds is 2. The third-order valence-corrected chi connectivity index (χ3v) is 3.46. The number of pyridine rings is 1. The van der Waals surface area contributed by atoms with Gasteiger partial charge in [0.25, 0.3) is 0 Å². The quantitative estimate of drug-likeness (QED) is 0.759. The average molecular weight is 241 g/mol. The van der Waals surface area contributed by atoms with Gasteiger partial charge in [-0.3, -0.25) is 9.78 Å². The van der Waals surface area contributed by atoms with Gasteiger partial charge in [-0.1, -0.05) is 24.3 Å². The third kappa shape index (κ3) is 1.91. The molecule has 2 atom stereocenters. The Morgan fingerprint density at radius 3 is 2.89 bits per heavy atom. The first-order valence-electron chi connectivity index (χ1n) is 6.28. The van der Waals surface area contributed by atoms with Crippen molar-refractivity contribution in [1.29, 1.82) is 0 Å². The number of fused-ring (bicyclic) bond motifs is 1. The summed E-state index contributed by atoms with van der Waals surface area (Å²) >= 11 is 0. The predicted octanol–water partition coefficient (Wildman–Crippen LogP) is 2.99. The van der Waals surface area contributed by atoms with Crippen molar-refractivity contribution in [2.75, 3.05) is 0 Å². The van der Waals surface area contributed by atoms with Crippen molar-refractivity contribution in [3.05, 3.63) is 42.2 Å². The first-order valence-corrected chi connectivity index (χ1v) is 6.28. The van der Waals surface area contributed by atoms with Gasteiger partial charge >= 0.3 is 0 Å². The summed E-state index contributed by atoms with van der Waals surface area (Å²) in [6.45, 7) is 2.01. The van der Waals surface area contributed by atoms with Gasteiger partial charge in [0.2, 0.25) is 0 Å². The topological polar surface area (TPSA) is 39.2 Å². The summed E-state index contributed by atoms with van der Waals surface area (Å²) in [5, 5.41) is 1.95. The summed E-state index contributed by atoms with van der Waals surface area (Å²) in [6, 6.07) is 7.82. The summed E-state index contributed by atoms with van der Waals surface area (Å²) < 4.78 is 5.65. The van der Waals surface area contributed by atoms with Gasteiger partial charge in [0.1, 0.15) is 6.10 Å². The highest BCUT2D eigenvalue weighted by molar-refractivity contribution is 6.09. The van der Waals surface area contributed by atoms with Gasteiger partial charge in [-0.2, -0.15) is 0 Å². The molecule has 3 heteroatoms. The van der Waals surface area contributed by atoms with Crippen molar-refractivity contribution in [3.8, 4) is 0 Å². The highest BCUT2D eigenvalue weighted by Gasteiger charge is 2.29. The maximum atomic E-state index is 12.4. The largest absolute Gasteiger partial charge is 0.367 e. The molecular formula is C15H15NO2. The average Bonchev–Trinajstić information content (AvgIpc) is 2.84. The predicted molar refractivity (Wildman–Crippen MR) is 69.6 cm³/mol. The summed E-state index contributed by atoms with van der Waals surface area (Å²) in [5.41, 5.74) is 0.673. The fourth-order valence-electron chi connectivity index (χ4n) is 2.48. The number of ketones is 1. The van der Waals surface area contributed by atoms with Gasteiger partial charge in [-0.15, -0.1) is 0 Å². The molecule has 0 N–H and O–H groups in total. The third-order valence-electron chi connectivity index (χ3n) is 3.46. The Morgan fingerprint density at radius 2 is 2.11 bits per heavy atom. The normalized spacial score (nSPS) is 23.4. The van der Waals surface area contributed by atoms with Gasteiger partial charge in [-0.25, -0.2) is 0 Å². The standard InChI is InChI=1S/C15H15NO2/c1-10-6-7-14(18-10)15(17)13-9-16-8-11-4-2-3-5-12(11)13/h2-5,8-10,14H,6-7H2,1H3. The zero-order chi connectivity index (χ0) is 12.5. The maximum absolute atomic E-state index is 12.4. The van der Waals surface area contributed by atoms with E-state index in [1.807, 2.05) is 31.2 Å². The molecule has 0 radical (unpaired) electrons. The Balaban J connectivity index is 2.01. The lowest BCUT2D eigenvalue weighted by atomic mass is 10.00. The zero-order valence-corrected chi connectivity index (χ0v) is 10.3. The van der Waals surface area contributed by atoms with Crippen LogP contribution in [-0.2, 0) is 4.74 Å². The molecule has 0 amide bonds. The van der Waals surface area contributed by atoms with Gasteiger partial charge in [0.15, 0.2) is 5.78 Å². The minimum Gasteiger partial charge on any atom is -0.367 e. The smallest absolute Gasteiger partial charge is 0.193 e. The van der Waals surface area contributed by atoms with E-state index in [9.17, 15) is 4.79 Å². The fraction of sp³-hybridized carbons (Fsp3) is 0.333. The fourth-order valence-corrected chi connectivity index (χ4v) is 2.48. The van der Waals surface area contributed by atoms with Crippen LogP contribution in [0, 0.1) is 0 Å². The molecule has 1 aliphatic heterocycles. The number of benzene rings is 1. The molecule has 1 aromatic carbocycles. The highest BCUT2D eigenvalue weighted by atomic mass is 16.5. The van der Waals surface area contributed by atoms with Crippen molar-refractivity contribution < 1.29 is 9.53 Å². The van der Waals surface area contributed by atoms with E-state index in [0.29, 0.717) is 5.56 Å². The van der Waals surface area contributed by atoms with E-state index in [-0.39, 0.29) is 18.0 Å². The van der Waals surface area contributed by atoms with Crippen LogP contribution in [0.25, 0.3) is 10.8 Å². The van der Waals surface area contributed by atoms with Crippen LogP contribution in [0.3, 0.4) is 0 Å². The number of ether oxygens (including phenoxy) is 1. The Kier molecular flexibility index (Phi) is 2.84. The first-order chi connectivity index (χ1) is 8.75. The number of carbonyl (C=O) groups is 1. The SMILES string of the molecule is CC1CCC(C(=O)c2cncc3ccccc23)O1. The summed E-state index contributed by atoms with van der Waals surface area (Å²) in [7, 11) is 0. The number of carbonyl (C=O) groups excluding carboxylic acids is 1. The minimum atomic E-state index is -0.299. The van der Waals surface area contributed by atoms with Gasteiger partial charge in [0, 0.05) is 23.3 Å². The minimum absolute atomic E-state index is 0.0589. The van der Waals surface area contributed by atoms with Gasteiger partial charge < -0.3 is 4.74 Å². The van der Waals surface area contributed by atoms with Crippen molar-refractivity contribution in [3.63, 3.8) is 0 Å². The van der Waals surface area contributed by atoms with Crippen LogP contribution in [0.5, 0.6) is 0 Å². The molecule has 92 valence electrons. The highest BCUT2D eigenvalue weighted by Crippen LogP contribution is 2.25. The van der Waals surface area contributed by atoms with E-state index in [1.165, 1.54) is 0 Å².